The lowest BCUT2D eigenvalue weighted by molar-refractivity contribution is 0.282. The SMILES string of the molecule is CC(C)CN(C)Cc1cccc(F)c1O. The van der Waals surface area contributed by atoms with Crippen LogP contribution in [0.25, 0.3) is 0 Å². The lowest BCUT2D eigenvalue weighted by atomic mass is 10.1. The number of phenols is 1. The number of nitrogens with zero attached hydrogens (tertiary/aromatic N) is 1. The quantitative estimate of drug-likeness (QED) is 0.827. The van der Waals surface area contributed by atoms with E-state index in [2.05, 4.69) is 18.7 Å². The molecule has 84 valence electrons. The van der Waals surface area contributed by atoms with Crippen molar-refractivity contribution in [2.75, 3.05) is 13.6 Å². The highest BCUT2D eigenvalue weighted by molar-refractivity contribution is 5.33. The van der Waals surface area contributed by atoms with E-state index in [1.807, 2.05) is 7.05 Å². The van der Waals surface area contributed by atoms with Gasteiger partial charge in [0.2, 0.25) is 0 Å². The van der Waals surface area contributed by atoms with Crippen LogP contribution in [0.4, 0.5) is 4.39 Å². The average Bonchev–Trinajstić information content (AvgIpc) is 2.11. The summed E-state index contributed by atoms with van der Waals surface area (Å²) in [6.45, 7) is 5.75. The Kier molecular flexibility index (Phi) is 4.09. The van der Waals surface area contributed by atoms with Crippen LogP contribution in [-0.2, 0) is 6.54 Å². The Balaban J connectivity index is 2.68. The molecule has 0 aliphatic carbocycles. The number of halogens is 1. The molecule has 0 radical (unpaired) electrons. The van der Waals surface area contributed by atoms with E-state index < -0.39 is 5.82 Å². The van der Waals surface area contributed by atoms with Gasteiger partial charge < -0.3 is 10.0 Å². The van der Waals surface area contributed by atoms with E-state index in [9.17, 15) is 9.50 Å². The third-order valence-electron chi connectivity index (χ3n) is 2.19. The summed E-state index contributed by atoms with van der Waals surface area (Å²) in [6.07, 6.45) is 0. The zero-order chi connectivity index (χ0) is 11.4. The van der Waals surface area contributed by atoms with Crippen molar-refractivity contribution in [1.29, 1.82) is 0 Å². The molecule has 3 heteroatoms. The van der Waals surface area contributed by atoms with Gasteiger partial charge >= 0.3 is 0 Å². The summed E-state index contributed by atoms with van der Waals surface area (Å²) in [5.74, 6) is -0.218. The van der Waals surface area contributed by atoms with Crippen LogP contribution in [0.2, 0.25) is 0 Å². The zero-order valence-electron chi connectivity index (χ0n) is 9.50. The van der Waals surface area contributed by atoms with Crippen molar-refractivity contribution in [2.24, 2.45) is 5.92 Å². The minimum atomic E-state index is -0.551. The van der Waals surface area contributed by atoms with Gasteiger partial charge in [0.25, 0.3) is 0 Å². The molecular weight excluding hydrogens is 193 g/mol. The fraction of sp³-hybridized carbons (Fsp3) is 0.500. The molecule has 1 aromatic rings. The maximum atomic E-state index is 13.0. The smallest absolute Gasteiger partial charge is 0.165 e. The van der Waals surface area contributed by atoms with Gasteiger partial charge in [0.05, 0.1) is 0 Å². The second-order valence-corrected chi connectivity index (χ2v) is 4.34. The summed E-state index contributed by atoms with van der Waals surface area (Å²) in [5, 5.41) is 9.48. The Morgan fingerprint density at radius 1 is 1.40 bits per heavy atom. The molecule has 0 amide bonds. The predicted octanol–water partition coefficient (Wildman–Crippen LogP) is 2.62. The normalized spacial score (nSPS) is 11.3. The maximum absolute atomic E-state index is 13.0. The summed E-state index contributed by atoms with van der Waals surface area (Å²) < 4.78 is 13.0. The van der Waals surface area contributed by atoms with E-state index >= 15 is 0 Å². The lowest BCUT2D eigenvalue weighted by Crippen LogP contribution is -2.22. The van der Waals surface area contributed by atoms with Gasteiger partial charge in [-0.2, -0.15) is 0 Å². The molecule has 0 saturated heterocycles. The van der Waals surface area contributed by atoms with Gasteiger partial charge in [0.15, 0.2) is 11.6 Å². The number of hydrogen-bond donors (Lipinski definition) is 1. The van der Waals surface area contributed by atoms with E-state index in [4.69, 9.17) is 0 Å². The summed E-state index contributed by atoms with van der Waals surface area (Å²) in [7, 11) is 1.96. The number of phenolic OH excluding ortho intramolecular Hbond substituents is 1. The Hall–Kier alpha value is -1.09. The van der Waals surface area contributed by atoms with Gasteiger partial charge in [0.1, 0.15) is 0 Å². The molecule has 0 aromatic heterocycles. The summed E-state index contributed by atoms with van der Waals surface area (Å²) >= 11 is 0. The first kappa shape index (κ1) is 12.0. The summed E-state index contributed by atoms with van der Waals surface area (Å²) in [6, 6.07) is 4.63. The molecule has 0 heterocycles. The van der Waals surface area contributed by atoms with Crippen molar-refractivity contribution in [1.82, 2.24) is 4.90 Å². The highest BCUT2D eigenvalue weighted by Gasteiger charge is 2.09. The van der Waals surface area contributed by atoms with Gasteiger partial charge in [-0.15, -0.1) is 0 Å². The number of benzene rings is 1. The second kappa shape index (κ2) is 5.12. The highest BCUT2D eigenvalue weighted by Crippen LogP contribution is 2.21. The van der Waals surface area contributed by atoms with Crippen molar-refractivity contribution in [2.45, 2.75) is 20.4 Å². The molecule has 0 saturated carbocycles. The molecule has 0 spiro atoms. The van der Waals surface area contributed by atoms with Crippen LogP contribution in [0, 0.1) is 11.7 Å². The van der Waals surface area contributed by atoms with Crippen LogP contribution >= 0.6 is 0 Å². The second-order valence-electron chi connectivity index (χ2n) is 4.34. The fourth-order valence-corrected chi connectivity index (χ4v) is 1.67. The Morgan fingerprint density at radius 2 is 2.07 bits per heavy atom. The Morgan fingerprint density at radius 3 is 2.67 bits per heavy atom. The molecule has 0 atom stereocenters. The van der Waals surface area contributed by atoms with Gasteiger partial charge in [-0.1, -0.05) is 26.0 Å². The van der Waals surface area contributed by atoms with Crippen LogP contribution in [0.3, 0.4) is 0 Å². The maximum Gasteiger partial charge on any atom is 0.165 e. The van der Waals surface area contributed by atoms with Crippen molar-refractivity contribution < 1.29 is 9.50 Å². The Labute approximate surface area is 90.3 Å². The van der Waals surface area contributed by atoms with Crippen molar-refractivity contribution in [3.8, 4) is 5.75 Å². The third kappa shape index (κ3) is 3.51. The van der Waals surface area contributed by atoms with Gasteiger partial charge in [-0.3, -0.25) is 0 Å². The number of rotatable bonds is 4. The van der Waals surface area contributed by atoms with Crippen molar-refractivity contribution in [3.05, 3.63) is 29.6 Å². The first-order valence-electron chi connectivity index (χ1n) is 5.15. The van der Waals surface area contributed by atoms with Gasteiger partial charge in [-0.25, -0.2) is 4.39 Å². The lowest BCUT2D eigenvalue weighted by Gasteiger charge is -2.19. The van der Waals surface area contributed by atoms with Crippen LogP contribution in [0.15, 0.2) is 18.2 Å². The third-order valence-corrected chi connectivity index (χ3v) is 2.19. The Bertz CT molecular complexity index is 325. The van der Waals surface area contributed by atoms with Gasteiger partial charge in [0, 0.05) is 18.7 Å². The highest BCUT2D eigenvalue weighted by atomic mass is 19.1. The fourth-order valence-electron chi connectivity index (χ4n) is 1.67. The molecule has 2 nitrogen and oxygen atoms in total. The van der Waals surface area contributed by atoms with E-state index in [-0.39, 0.29) is 5.75 Å². The average molecular weight is 211 g/mol. The number of para-hydroxylation sites is 1. The molecule has 1 aromatic carbocycles. The number of hydrogen-bond acceptors (Lipinski definition) is 2. The molecule has 1 rings (SSSR count). The predicted molar refractivity (Wildman–Crippen MR) is 59.2 cm³/mol. The minimum Gasteiger partial charge on any atom is -0.505 e. The topological polar surface area (TPSA) is 23.5 Å². The summed E-state index contributed by atoms with van der Waals surface area (Å²) in [4.78, 5) is 2.07. The van der Waals surface area contributed by atoms with E-state index in [0.717, 1.165) is 6.54 Å². The molecule has 0 aliphatic heterocycles. The van der Waals surface area contributed by atoms with Crippen LogP contribution in [-0.4, -0.2) is 23.6 Å². The standard InChI is InChI=1S/C12H18FNO/c1-9(2)7-14(3)8-10-5-4-6-11(13)12(10)15/h4-6,9,15H,7-8H2,1-3H3. The van der Waals surface area contributed by atoms with Crippen molar-refractivity contribution in [3.63, 3.8) is 0 Å². The van der Waals surface area contributed by atoms with Gasteiger partial charge in [-0.05, 0) is 19.0 Å². The van der Waals surface area contributed by atoms with Crippen molar-refractivity contribution >= 4 is 0 Å². The molecular formula is C12H18FNO. The van der Waals surface area contributed by atoms with E-state index in [0.29, 0.717) is 18.0 Å². The summed E-state index contributed by atoms with van der Waals surface area (Å²) in [5.41, 5.74) is 0.637. The molecule has 15 heavy (non-hydrogen) atoms. The monoisotopic (exact) mass is 211 g/mol. The van der Waals surface area contributed by atoms with Crippen LogP contribution in [0.5, 0.6) is 5.75 Å². The zero-order valence-corrected chi connectivity index (χ0v) is 9.50. The molecule has 1 N–H and O–H groups in total. The molecule has 0 bridgehead atoms. The molecule has 0 fully saturated rings. The van der Waals surface area contributed by atoms with E-state index in [1.165, 1.54) is 6.07 Å². The van der Waals surface area contributed by atoms with E-state index in [1.54, 1.807) is 12.1 Å². The largest absolute Gasteiger partial charge is 0.505 e. The van der Waals surface area contributed by atoms with Crippen LogP contribution in [0.1, 0.15) is 19.4 Å². The first-order valence-corrected chi connectivity index (χ1v) is 5.15. The first-order chi connectivity index (χ1) is 7.00. The number of aromatic hydroxyl groups is 1. The molecule has 0 unspecified atom stereocenters. The minimum absolute atomic E-state index is 0.229. The molecule has 0 aliphatic rings. The van der Waals surface area contributed by atoms with Crippen LogP contribution < -0.4 is 0 Å².